The molecule has 0 atom stereocenters. The van der Waals surface area contributed by atoms with Crippen LogP contribution in [0, 0.1) is 6.92 Å². The topological polar surface area (TPSA) is 38.9 Å². The molecule has 0 radical (unpaired) electrons. The van der Waals surface area contributed by atoms with E-state index in [-0.39, 0.29) is 5.28 Å². The Morgan fingerprint density at radius 1 is 1.58 bits per heavy atom. The minimum Gasteiger partial charge on any atom is -0.332 e. The molecular weight excluding hydrogens is 196 g/mol. The van der Waals surface area contributed by atoms with Crippen molar-refractivity contribution in [2.45, 2.75) is 6.92 Å². The van der Waals surface area contributed by atoms with Crippen LogP contribution >= 0.6 is 22.9 Å². The molecular formula is C7H5ClN2OS. The van der Waals surface area contributed by atoms with Gasteiger partial charge in [0.15, 0.2) is 0 Å². The largest absolute Gasteiger partial charge is 0.332 e. The summed E-state index contributed by atoms with van der Waals surface area (Å²) in [6.07, 6.45) is 0. The minimum atomic E-state index is 0.151. The van der Waals surface area contributed by atoms with Crippen LogP contribution in [0.3, 0.4) is 0 Å². The minimum absolute atomic E-state index is 0.151. The molecule has 62 valence electrons. The highest BCUT2D eigenvalue weighted by atomic mass is 35.5. The first-order valence-electron chi connectivity index (χ1n) is 3.31. The molecule has 0 unspecified atom stereocenters. The monoisotopic (exact) mass is 200 g/mol. The maximum absolute atomic E-state index is 5.52. The Labute approximate surface area is 78.0 Å². The number of rotatable bonds is 1. The predicted octanol–water partition coefficient (Wildman–Crippen LogP) is 2.76. The van der Waals surface area contributed by atoms with Crippen LogP contribution in [0.4, 0.5) is 0 Å². The van der Waals surface area contributed by atoms with Crippen molar-refractivity contribution < 1.29 is 4.52 Å². The molecule has 3 nitrogen and oxygen atoms in total. The molecule has 0 aromatic carbocycles. The van der Waals surface area contributed by atoms with Gasteiger partial charge in [0.25, 0.3) is 11.2 Å². The quantitative estimate of drug-likeness (QED) is 0.711. The third-order valence-electron chi connectivity index (χ3n) is 1.46. The molecule has 0 bridgehead atoms. The van der Waals surface area contributed by atoms with Crippen LogP contribution in [0.15, 0.2) is 16.0 Å². The normalized spacial score (nSPS) is 10.5. The highest BCUT2D eigenvalue weighted by Crippen LogP contribution is 2.27. The van der Waals surface area contributed by atoms with Crippen LogP contribution in [0.5, 0.6) is 0 Å². The fourth-order valence-electron chi connectivity index (χ4n) is 0.890. The molecule has 2 aromatic heterocycles. The van der Waals surface area contributed by atoms with Gasteiger partial charge in [-0.1, -0.05) is 0 Å². The Balaban J connectivity index is 2.50. The van der Waals surface area contributed by atoms with E-state index in [1.165, 1.54) is 0 Å². The molecule has 0 amide bonds. The number of aryl methyl sites for hydroxylation is 1. The zero-order valence-electron chi connectivity index (χ0n) is 6.24. The second kappa shape index (κ2) is 2.88. The van der Waals surface area contributed by atoms with E-state index in [4.69, 9.17) is 16.1 Å². The molecule has 0 N–H and O–H groups in total. The Morgan fingerprint density at radius 2 is 2.42 bits per heavy atom. The van der Waals surface area contributed by atoms with Crippen molar-refractivity contribution in [3.63, 3.8) is 0 Å². The van der Waals surface area contributed by atoms with Crippen LogP contribution in [0.2, 0.25) is 5.28 Å². The van der Waals surface area contributed by atoms with E-state index in [1.807, 2.05) is 18.4 Å². The molecule has 0 fully saturated rings. The smallest absolute Gasteiger partial charge is 0.269 e. The van der Waals surface area contributed by atoms with E-state index in [1.54, 1.807) is 11.3 Å². The lowest BCUT2D eigenvalue weighted by Gasteiger charge is -1.87. The van der Waals surface area contributed by atoms with Gasteiger partial charge in [-0.3, -0.25) is 0 Å². The molecule has 0 saturated heterocycles. The molecule has 0 aliphatic carbocycles. The Hall–Kier alpha value is -0.870. The number of aromatic nitrogens is 2. The highest BCUT2D eigenvalue weighted by Gasteiger charge is 2.10. The van der Waals surface area contributed by atoms with Crippen LogP contribution in [0.25, 0.3) is 10.8 Å². The van der Waals surface area contributed by atoms with Gasteiger partial charge in [0.1, 0.15) is 0 Å². The van der Waals surface area contributed by atoms with Gasteiger partial charge < -0.3 is 4.52 Å². The van der Waals surface area contributed by atoms with Crippen LogP contribution < -0.4 is 0 Å². The first-order chi connectivity index (χ1) is 5.77. The van der Waals surface area contributed by atoms with Crippen molar-refractivity contribution in [2.24, 2.45) is 0 Å². The Bertz CT molecular complexity index is 396. The molecule has 0 spiro atoms. The van der Waals surface area contributed by atoms with Gasteiger partial charge in [-0.05, 0) is 40.7 Å². The lowest BCUT2D eigenvalue weighted by Crippen LogP contribution is -1.73. The number of halogens is 1. The number of thiophene rings is 1. The average Bonchev–Trinajstić information content (AvgIpc) is 2.58. The van der Waals surface area contributed by atoms with E-state index in [2.05, 4.69) is 10.1 Å². The summed E-state index contributed by atoms with van der Waals surface area (Å²) >= 11 is 7.08. The zero-order chi connectivity index (χ0) is 8.55. The summed E-state index contributed by atoms with van der Waals surface area (Å²) in [6.45, 7) is 1.99. The van der Waals surface area contributed by atoms with Crippen molar-refractivity contribution >= 4 is 22.9 Å². The molecule has 0 aliphatic heterocycles. The highest BCUT2D eigenvalue weighted by molar-refractivity contribution is 7.13. The summed E-state index contributed by atoms with van der Waals surface area (Å²) in [5.41, 5.74) is 1.13. The zero-order valence-corrected chi connectivity index (χ0v) is 7.82. The van der Waals surface area contributed by atoms with Gasteiger partial charge in [0.2, 0.25) is 0 Å². The molecule has 2 heterocycles. The third-order valence-corrected chi connectivity index (χ3v) is 2.62. The lowest BCUT2D eigenvalue weighted by molar-refractivity contribution is 0.431. The first-order valence-corrected chi connectivity index (χ1v) is 4.57. The summed E-state index contributed by atoms with van der Waals surface area (Å²) in [6, 6.07) is 2.00. The maximum atomic E-state index is 5.52. The fraction of sp³-hybridized carbons (Fsp3) is 0.143. The number of hydrogen-bond acceptors (Lipinski definition) is 4. The summed E-state index contributed by atoms with van der Waals surface area (Å²) < 4.78 is 4.91. The van der Waals surface area contributed by atoms with Crippen LogP contribution in [-0.2, 0) is 0 Å². The molecule has 0 saturated carbocycles. The van der Waals surface area contributed by atoms with Crippen molar-refractivity contribution in [2.75, 3.05) is 0 Å². The van der Waals surface area contributed by atoms with Crippen molar-refractivity contribution in [3.8, 4) is 10.8 Å². The van der Waals surface area contributed by atoms with Crippen LogP contribution in [-0.4, -0.2) is 10.1 Å². The van der Waals surface area contributed by atoms with E-state index < -0.39 is 0 Å². The number of nitrogens with zero attached hydrogens (tertiary/aromatic N) is 2. The second-order valence-corrected chi connectivity index (χ2v) is 3.56. The standard InChI is InChI=1S/C7H5ClN2OS/c1-4-2-3-12-5(4)6-9-7(8)10-11-6/h2-3H,1H3. The molecule has 2 aromatic rings. The fourth-order valence-corrected chi connectivity index (χ4v) is 1.85. The van der Waals surface area contributed by atoms with Gasteiger partial charge >= 0.3 is 0 Å². The second-order valence-electron chi connectivity index (χ2n) is 2.30. The number of hydrogen-bond donors (Lipinski definition) is 0. The van der Waals surface area contributed by atoms with E-state index >= 15 is 0 Å². The summed E-state index contributed by atoms with van der Waals surface area (Å²) in [5, 5.41) is 5.63. The summed E-state index contributed by atoms with van der Waals surface area (Å²) in [7, 11) is 0. The van der Waals surface area contributed by atoms with E-state index in [9.17, 15) is 0 Å². The molecule has 0 aliphatic rings. The summed E-state index contributed by atoms with van der Waals surface area (Å²) in [5.74, 6) is 0.493. The van der Waals surface area contributed by atoms with Gasteiger partial charge in [-0.25, -0.2) is 0 Å². The summed E-state index contributed by atoms with van der Waals surface area (Å²) in [4.78, 5) is 4.89. The Kier molecular flexibility index (Phi) is 1.86. The van der Waals surface area contributed by atoms with E-state index in [0.29, 0.717) is 5.89 Å². The maximum Gasteiger partial charge on any atom is 0.269 e. The lowest BCUT2D eigenvalue weighted by atomic mass is 10.3. The third kappa shape index (κ3) is 1.23. The van der Waals surface area contributed by atoms with E-state index in [0.717, 1.165) is 10.4 Å². The average molecular weight is 201 g/mol. The van der Waals surface area contributed by atoms with Gasteiger partial charge in [0, 0.05) is 0 Å². The SMILES string of the molecule is Cc1ccsc1-c1nc(Cl)no1. The van der Waals surface area contributed by atoms with Gasteiger partial charge in [-0.15, -0.1) is 11.3 Å². The Morgan fingerprint density at radius 3 is 2.92 bits per heavy atom. The molecule has 2 rings (SSSR count). The van der Waals surface area contributed by atoms with Crippen molar-refractivity contribution in [3.05, 3.63) is 22.3 Å². The molecule has 12 heavy (non-hydrogen) atoms. The molecule has 5 heteroatoms. The van der Waals surface area contributed by atoms with Crippen molar-refractivity contribution in [1.82, 2.24) is 10.1 Å². The van der Waals surface area contributed by atoms with Gasteiger partial charge in [-0.2, -0.15) is 4.98 Å². The van der Waals surface area contributed by atoms with Crippen molar-refractivity contribution in [1.29, 1.82) is 0 Å². The first kappa shape index (κ1) is 7.76. The predicted molar refractivity (Wildman–Crippen MR) is 47.4 cm³/mol. The van der Waals surface area contributed by atoms with Crippen LogP contribution in [0.1, 0.15) is 5.56 Å². The van der Waals surface area contributed by atoms with Gasteiger partial charge in [0.05, 0.1) is 4.88 Å².